The van der Waals surface area contributed by atoms with Gasteiger partial charge in [-0.3, -0.25) is 4.79 Å². The van der Waals surface area contributed by atoms with Crippen molar-refractivity contribution in [1.82, 2.24) is 9.47 Å². The highest BCUT2D eigenvalue weighted by Crippen LogP contribution is 2.34. The molecule has 0 unspecified atom stereocenters. The van der Waals surface area contributed by atoms with Crippen LogP contribution in [-0.4, -0.2) is 35.6 Å². The summed E-state index contributed by atoms with van der Waals surface area (Å²) in [6, 6.07) is 13.4. The number of benzene rings is 1. The second kappa shape index (κ2) is 9.86. The molecule has 2 aliphatic rings. The number of rotatable bonds is 6. The molecule has 0 saturated heterocycles. The quantitative estimate of drug-likeness (QED) is 0.685. The van der Waals surface area contributed by atoms with E-state index < -0.39 is 0 Å². The van der Waals surface area contributed by atoms with Crippen LogP contribution in [-0.2, 0) is 6.54 Å². The fourth-order valence-electron chi connectivity index (χ4n) is 4.99. The van der Waals surface area contributed by atoms with Gasteiger partial charge in [-0.25, -0.2) is 0 Å². The highest BCUT2D eigenvalue weighted by Gasteiger charge is 2.23. The minimum Gasteiger partial charge on any atom is -0.378 e. The lowest BCUT2D eigenvalue weighted by Crippen LogP contribution is -2.32. The Morgan fingerprint density at radius 1 is 1.10 bits per heavy atom. The van der Waals surface area contributed by atoms with Crippen LogP contribution in [0, 0.1) is 5.92 Å². The highest BCUT2D eigenvalue weighted by molar-refractivity contribution is 5.69. The average molecular weight is 420 g/mol. The van der Waals surface area contributed by atoms with E-state index in [2.05, 4.69) is 79.8 Å². The van der Waals surface area contributed by atoms with Crippen molar-refractivity contribution in [2.45, 2.75) is 64.5 Å². The number of nitrogens with one attached hydrogen (secondary N) is 1. The zero-order valence-electron chi connectivity index (χ0n) is 19.3. The van der Waals surface area contributed by atoms with Crippen molar-refractivity contribution in [3.05, 3.63) is 70.2 Å². The van der Waals surface area contributed by atoms with Gasteiger partial charge in [0.2, 0.25) is 0 Å². The Balaban J connectivity index is 1.52. The summed E-state index contributed by atoms with van der Waals surface area (Å²) < 4.78 is 1.93. The number of hydrogen-bond acceptors (Lipinski definition) is 3. The molecule has 2 aromatic rings. The molecule has 1 saturated carbocycles. The Morgan fingerprint density at radius 3 is 2.48 bits per heavy atom. The van der Waals surface area contributed by atoms with E-state index in [4.69, 9.17) is 0 Å². The van der Waals surface area contributed by atoms with E-state index in [9.17, 15) is 4.79 Å². The summed E-state index contributed by atoms with van der Waals surface area (Å²) in [6.07, 6.45) is 10.0. The number of nitrogens with zero attached hydrogens (tertiary/aromatic N) is 2. The maximum Gasteiger partial charge on any atom is 0.273 e. The SMILES string of the molecule is CC(C)Cn1cc(C2=CCN(C)CC2)cc(N[C@H]2CC[C@@H](c3ccccc3)CC2)c1=O. The molecule has 31 heavy (non-hydrogen) atoms. The van der Waals surface area contributed by atoms with Crippen LogP contribution in [0.5, 0.6) is 0 Å². The van der Waals surface area contributed by atoms with Crippen molar-refractivity contribution in [2.75, 3.05) is 25.5 Å². The van der Waals surface area contributed by atoms with E-state index >= 15 is 0 Å². The molecule has 0 spiro atoms. The molecule has 1 aromatic carbocycles. The van der Waals surface area contributed by atoms with Crippen LogP contribution in [0.2, 0.25) is 0 Å². The first-order valence-corrected chi connectivity index (χ1v) is 11.9. The molecular weight excluding hydrogens is 382 g/mol. The van der Waals surface area contributed by atoms with E-state index in [0.717, 1.165) is 44.6 Å². The lowest BCUT2D eigenvalue weighted by Gasteiger charge is -2.30. The Bertz CT molecular complexity index is 952. The summed E-state index contributed by atoms with van der Waals surface area (Å²) in [7, 11) is 2.16. The molecule has 1 aliphatic heterocycles. The summed E-state index contributed by atoms with van der Waals surface area (Å²) in [5.74, 6) is 1.08. The summed E-state index contributed by atoms with van der Waals surface area (Å²) in [6.45, 7) is 7.15. The Morgan fingerprint density at radius 2 is 1.84 bits per heavy atom. The van der Waals surface area contributed by atoms with Crippen molar-refractivity contribution < 1.29 is 0 Å². The molecule has 4 heteroatoms. The first kappa shape index (κ1) is 21.9. The van der Waals surface area contributed by atoms with Gasteiger partial charge in [0.1, 0.15) is 5.69 Å². The number of pyridine rings is 1. The predicted molar refractivity (Wildman–Crippen MR) is 131 cm³/mol. The number of aromatic nitrogens is 1. The maximum atomic E-state index is 13.2. The monoisotopic (exact) mass is 419 g/mol. The van der Waals surface area contributed by atoms with E-state index in [1.165, 1.54) is 29.5 Å². The molecule has 2 heterocycles. The number of hydrogen-bond donors (Lipinski definition) is 1. The fraction of sp³-hybridized carbons (Fsp3) is 0.519. The number of anilines is 1. The molecule has 0 amide bonds. The summed E-state index contributed by atoms with van der Waals surface area (Å²) >= 11 is 0. The van der Waals surface area contributed by atoms with E-state index in [1.807, 2.05) is 4.57 Å². The first-order valence-electron chi connectivity index (χ1n) is 11.9. The van der Waals surface area contributed by atoms with Gasteiger partial charge in [-0.1, -0.05) is 50.3 Å². The van der Waals surface area contributed by atoms with Gasteiger partial charge in [0.05, 0.1) is 0 Å². The molecule has 1 aromatic heterocycles. The van der Waals surface area contributed by atoms with Crippen LogP contribution >= 0.6 is 0 Å². The van der Waals surface area contributed by atoms with Gasteiger partial charge >= 0.3 is 0 Å². The molecule has 4 nitrogen and oxygen atoms in total. The molecule has 0 atom stereocenters. The lowest BCUT2D eigenvalue weighted by molar-refractivity contribution is 0.370. The largest absolute Gasteiger partial charge is 0.378 e. The van der Waals surface area contributed by atoms with Crippen LogP contribution in [0.4, 0.5) is 5.69 Å². The standard InChI is InChI=1S/C27H37N3O/c1-20(2)18-30-19-24(23-13-15-29(3)16-14-23)17-26(27(30)31)28-25-11-9-22(10-12-25)21-7-5-4-6-8-21/h4-8,13,17,19-20,22,25,28H,9-12,14-16,18H2,1-3H3/t22-,25+. The molecule has 1 N–H and O–H groups in total. The Labute approximate surface area is 187 Å². The van der Waals surface area contributed by atoms with Gasteiger partial charge in [-0.2, -0.15) is 0 Å². The fourth-order valence-corrected chi connectivity index (χ4v) is 4.99. The zero-order valence-corrected chi connectivity index (χ0v) is 19.3. The normalized spacial score (nSPS) is 22.4. The van der Waals surface area contributed by atoms with Crippen molar-refractivity contribution in [2.24, 2.45) is 5.92 Å². The lowest BCUT2D eigenvalue weighted by atomic mass is 9.81. The van der Waals surface area contributed by atoms with Crippen molar-refractivity contribution >= 4 is 11.3 Å². The number of likely N-dealkylation sites (N-methyl/N-ethyl adjacent to an activating group) is 1. The van der Waals surface area contributed by atoms with E-state index in [-0.39, 0.29) is 5.56 Å². The minimum atomic E-state index is 0.121. The van der Waals surface area contributed by atoms with Gasteiger partial charge in [-0.15, -0.1) is 0 Å². The third-order valence-corrected chi connectivity index (χ3v) is 6.79. The maximum absolute atomic E-state index is 13.2. The topological polar surface area (TPSA) is 37.3 Å². The summed E-state index contributed by atoms with van der Waals surface area (Å²) in [4.78, 5) is 15.6. The average Bonchev–Trinajstić information content (AvgIpc) is 2.78. The Kier molecular flexibility index (Phi) is 6.96. The van der Waals surface area contributed by atoms with Crippen LogP contribution in [0.25, 0.3) is 5.57 Å². The van der Waals surface area contributed by atoms with Gasteiger partial charge in [0, 0.05) is 31.9 Å². The van der Waals surface area contributed by atoms with Crippen LogP contribution < -0.4 is 10.9 Å². The second-order valence-corrected chi connectivity index (χ2v) is 9.84. The van der Waals surface area contributed by atoms with Crippen molar-refractivity contribution in [1.29, 1.82) is 0 Å². The van der Waals surface area contributed by atoms with Crippen LogP contribution in [0.1, 0.15) is 63.0 Å². The molecular formula is C27H37N3O. The minimum absolute atomic E-state index is 0.121. The van der Waals surface area contributed by atoms with E-state index in [0.29, 0.717) is 17.9 Å². The van der Waals surface area contributed by atoms with Gasteiger partial charge in [0.25, 0.3) is 5.56 Å². The molecule has 4 rings (SSSR count). The van der Waals surface area contributed by atoms with Crippen LogP contribution in [0.3, 0.4) is 0 Å². The Hall–Kier alpha value is -2.33. The van der Waals surface area contributed by atoms with E-state index in [1.54, 1.807) is 0 Å². The van der Waals surface area contributed by atoms with Gasteiger partial charge in [0.15, 0.2) is 0 Å². The summed E-state index contributed by atoms with van der Waals surface area (Å²) in [5.41, 5.74) is 4.93. The molecule has 1 fully saturated rings. The zero-order chi connectivity index (χ0) is 21.8. The molecule has 166 valence electrons. The summed E-state index contributed by atoms with van der Waals surface area (Å²) in [5, 5.41) is 3.65. The van der Waals surface area contributed by atoms with Crippen molar-refractivity contribution in [3.63, 3.8) is 0 Å². The van der Waals surface area contributed by atoms with Crippen molar-refractivity contribution in [3.8, 4) is 0 Å². The second-order valence-electron chi connectivity index (χ2n) is 9.84. The van der Waals surface area contributed by atoms with Gasteiger partial charge < -0.3 is 14.8 Å². The smallest absolute Gasteiger partial charge is 0.273 e. The van der Waals surface area contributed by atoms with Crippen LogP contribution in [0.15, 0.2) is 53.5 Å². The molecule has 0 bridgehead atoms. The highest BCUT2D eigenvalue weighted by atomic mass is 16.1. The first-order chi connectivity index (χ1) is 15.0. The third kappa shape index (κ3) is 5.48. The molecule has 0 radical (unpaired) electrons. The predicted octanol–water partition coefficient (Wildman–Crippen LogP) is 5.36. The molecule has 1 aliphatic carbocycles. The van der Waals surface area contributed by atoms with Gasteiger partial charge in [-0.05, 0) is 73.8 Å². The third-order valence-electron chi connectivity index (χ3n) is 6.79.